The molecule has 1 N–H and O–H groups in total. The third-order valence-corrected chi connectivity index (χ3v) is 8.83. The predicted molar refractivity (Wildman–Crippen MR) is 148 cm³/mol. The molecule has 3 aromatic rings. The van der Waals surface area contributed by atoms with Crippen molar-refractivity contribution in [2.45, 2.75) is 56.9 Å². The molecule has 0 unspecified atom stereocenters. The van der Waals surface area contributed by atoms with Gasteiger partial charge < -0.3 is 19.5 Å². The van der Waals surface area contributed by atoms with Crippen LogP contribution in [0.1, 0.15) is 32.4 Å². The van der Waals surface area contributed by atoms with Gasteiger partial charge in [-0.15, -0.1) is 5.10 Å². The van der Waals surface area contributed by atoms with E-state index in [0.29, 0.717) is 43.1 Å². The van der Waals surface area contributed by atoms with E-state index >= 15 is 0 Å². The van der Waals surface area contributed by atoms with Crippen molar-refractivity contribution >= 4 is 15.9 Å². The van der Waals surface area contributed by atoms with Crippen molar-refractivity contribution in [2.24, 2.45) is 5.92 Å². The van der Waals surface area contributed by atoms with Crippen LogP contribution in [0.15, 0.2) is 65.7 Å². The summed E-state index contributed by atoms with van der Waals surface area (Å²) in [6.07, 6.45) is 2.10. The number of nitrogens with zero attached hydrogens (tertiary/aromatic N) is 5. The minimum absolute atomic E-state index is 0.0510. The zero-order valence-corrected chi connectivity index (χ0v) is 23.9. The number of aryl methyl sites for hydroxylation is 1. The van der Waals surface area contributed by atoms with Crippen LogP contribution in [0.25, 0.3) is 0 Å². The van der Waals surface area contributed by atoms with Crippen molar-refractivity contribution in [1.82, 2.24) is 24.2 Å². The standard InChI is InChI=1S/C28H37N5O6S/c1-21-16-33(22(2)19-34)28(35)10-7-15-32-17-23(29-30-32)20-38-27(21)18-31(3)40(36,37)26-13-11-25(12-14-26)39-24-8-5-4-6-9-24/h4-6,8-9,11-14,17,21-22,27,34H,7,10,15-16,18-20H2,1-3H3/t21-,22+,27+/m0/s1. The van der Waals surface area contributed by atoms with Gasteiger partial charge in [0.2, 0.25) is 15.9 Å². The predicted octanol–water partition coefficient (Wildman–Crippen LogP) is 2.92. The summed E-state index contributed by atoms with van der Waals surface area (Å²) in [5.41, 5.74) is 0.628. The average Bonchev–Trinajstić information content (AvgIpc) is 3.41. The molecule has 0 saturated carbocycles. The van der Waals surface area contributed by atoms with Crippen molar-refractivity contribution in [3.8, 4) is 11.5 Å². The lowest BCUT2D eigenvalue weighted by Gasteiger charge is -2.35. The van der Waals surface area contributed by atoms with Gasteiger partial charge in [-0.05, 0) is 49.7 Å². The molecule has 2 aromatic carbocycles. The third-order valence-electron chi connectivity index (χ3n) is 6.99. The number of carbonyl (C=O) groups is 1. The SMILES string of the molecule is C[C@H](CO)N1C[C@H](C)[C@@H](CN(C)S(=O)(=O)c2ccc(Oc3ccccc3)cc2)OCc2cn(nn2)CCCC1=O. The number of hydrogen-bond donors (Lipinski definition) is 1. The van der Waals surface area contributed by atoms with Gasteiger partial charge in [0, 0.05) is 39.0 Å². The molecule has 2 bridgehead atoms. The smallest absolute Gasteiger partial charge is 0.242 e. The van der Waals surface area contributed by atoms with Crippen molar-refractivity contribution in [2.75, 3.05) is 26.7 Å². The quantitative estimate of drug-likeness (QED) is 0.437. The van der Waals surface area contributed by atoms with E-state index < -0.39 is 16.1 Å². The van der Waals surface area contributed by atoms with Gasteiger partial charge in [-0.25, -0.2) is 8.42 Å². The fourth-order valence-corrected chi connectivity index (χ4v) is 5.71. The average molecular weight is 572 g/mol. The highest BCUT2D eigenvalue weighted by Crippen LogP contribution is 2.25. The van der Waals surface area contributed by atoms with Gasteiger partial charge in [0.15, 0.2) is 0 Å². The van der Waals surface area contributed by atoms with Crippen LogP contribution in [0.3, 0.4) is 0 Å². The molecule has 1 amide bonds. The first-order chi connectivity index (χ1) is 19.2. The van der Waals surface area contributed by atoms with E-state index in [4.69, 9.17) is 9.47 Å². The number of carbonyl (C=O) groups excluding carboxylic acids is 1. The molecule has 1 aromatic heterocycles. The first-order valence-electron chi connectivity index (χ1n) is 13.4. The number of likely N-dealkylation sites (N-methyl/N-ethyl adjacent to an activating group) is 1. The molecular weight excluding hydrogens is 534 g/mol. The van der Waals surface area contributed by atoms with Gasteiger partial charge in [0.05, 0.1) is 36.5 Å². The summed E-state index contributed by atoms with van der Waals surface area (Å²) in [7, 11) is -2.34. The molecule has 0 fully saturated rings. The van der Waals surface area contributed by atoms with E-state index in [1.54, 1.807) is 34.8 Å². The maximum atomic E-state index is 13.5. The van der Waals surface area contributed by atoms with E-state index in [1.807, 2.05) is 37.3 Å². The normalized spacial score (nSPS) is 19.9. The van der Waals surface area contributed by atoms with E-state index in [-0.39, 0.29) is 42.5 Å². The van der Waals surface area contributed by atoms with E-state index in [2.05, 4.69) is 10.3 Å². The summed E-state index contributed by atoms with van der Waals surface area (Å²) in [4.78, 5) is 14.8. The Labute approximate surface area is 235 Å². The Balaban J connectivity index is 1.51. The van der Waals surface area contributed by atoms with Crippen LogP contribution in [0.5, 0.6) is 11.5 Å². The molecule has 4 rings (SSSR count). The van der Waals surface area contributed by atoms with Gasteiger partial charge in [0.1, 0.15) is 17.2 Å². The Morgan fingerprint density at radius 1 is 1.15 bits per heavy atom. The minimum atomic E-state index is -3.85. The highest BCUT2D eigenvalue weighted by Gasteiger charge is 2.31. The molecule has 0 aliphatic carbocycles. The van der Waals surface area contributed by atoms with Gasteiger partial charge in [-0.3, -0.25) is 9.48 Å². The summed E-state index contributed by atoms with van der Waals surface area (Å²) in [6, 6.07) is 15.1. The van der Waals surface area contributed by atoms with Gasteiger partial charge in [-0.1, -0.05) is 30.3 Å². The molecule has 12 heteroatoms. The Kier molecular flexibility index (Phi) is 9.90. The first-order valence-corrected chi connectivity index (χ1v) is 14.8. The second-order valence-electron chi connectivity index (χ2n) is 10.2. The fourth-order valence-electron chi connectivity index (χ4n) is 4.53. The molecule has 1 aliphatic rings. The molecule has 216 valence electrons. The Hall–Kier alpha value is -3.32. The molecule has 0 radical (unpaired) electrons. The summed E-state index contributed by atoms with van der Waals surface area (Å²) in [6.45, 7) is 4.59. The van der Waals surface area contributed by atoms with Crippen LogP contribution in [0, 0.1) is 5.92 Å². The molecular formula is C28H37N5O6S. The Morgan fingerprint density at radius 2 is 1.85 bits per heavy atom. The van der Waals surface area contributed by atoms with E-state index in [9.17, 15) is 18.3 Å². The Morgan fingerprint density at radius 3 is 2.55 bits per heavy atom. The zero-order valence-electron chi connectivity index (χ0n) is 23.1. The number of ether oxygens (including phenoxy) is 2. The number of para-hydroxylation sites is 1. The van der Waals surface area contributed by atoms with Crippen LogP contribution < -0.4 is 4.74 Å². The van der Waals surface area contributed by atoms with Gasteiger partial charge >= 0.3 is 0 Å². The lowest BCUT2D eigenvalue weighted by molar-refractivity contribution is -0.136. The molecule has 1 aliphatic heterocycles. The van der Waals surface area contributed by atoms with Crippen LogP contribution >= 0.6 is 0 Å². The number of aliphatic hydroxyl groups is 1. The second-order valence-corrected chi connectivity index (χ2v) is 12.2. The maximum absolute atomic E-state index is 13.5. The van der Waals surface area contributed by atoms with Crippen molar-refractivity contribution in [1.29, 1.82) is 0 Å². The van der Waals surface area contributed by atoms with Crippen molar-refractivity contribution in [3.05, 3.63) is 66.5 Å². The number of fused-ring (bicyclic) bond motifs is 2. The highest BCUT2D eigenvalue weighted by atomic mass is 32.2. The van der Waals surface area contributed by atoms with Crippen LogP contribution in [0.2, 0.25) is 0 Å². The van der Waals surface area contributed by atoms with Crippen molar-refractivity contribution < 1.29 is 27.8 Å². The topological polar surface area (TPSA) is 127 Å². The van der Waals surface area contributed by atoms with Gasteiger partial charge in [0.25, 0.3) is 0 Å². The molecule has 0 saturated heterocycles. The molecule has 40 heavy (non-hydrogen) atoms. The number of hydrogen-bond acceptors (Lipinski definition) is 8. The number of rotatable bonds is 8. The molecule has 2 heterocycles. The molecule has 11 nitrogen and oxygen atoms in total. The van der Waals surface area contributed by atoms with E-state index in [1.165, 1.54) is 23.5 Å². The highest BCUT2D eigenvalue weighted by molar-refractivity contribution is 7.89. The molecule has 3 atom stereocenters. The number of aliphatic hydroxyl groups excluding tert-OH is 1. The minimum Gasteiger partial charge on any atom is -0.457 e. The summed E-state index contributed by atoms with van der Waals surface area (Å²) in [5, 5.41) is 18.0. The molecule has 0 spiro atoms. The number of sulfonamides is 1. The number of amides is 1. The van der Waals surface area contributed by atoms with Crippen LogP contribution in [-0.2, 0) is 32.7 Å². The first kappa shape index (κ1) is 29.7. The number of benzene rings is 2. The van der Waals surface area contributed by atoms with Crippen molar-refractivity contribution in [3.63, 3.8) is 0 Å². The fraction of sp³-hybridized carbons (Fsp3) is 0.464. The number of aromatic nitrogens is 3. The van der Waals surface area contributed by atoms with Crippen LogP contribution in [0.4, 0.5) is 0 Å². The Bertz CT molecular complexity index is 1350. The lowest BCUT2D eigenvalue weighted by atomic mass is 10.0. The second kappa shape index (κ2) is 13.4. The van der Waals surface area contributed by atoms with Gasteiger partial charge in [-0.2, -0.15) is 4.31 Å². The monoisotopic (exact) mass is 571 g/mol. The third kappa shape index (κ3) is 7.45. The maximum Gasteiger partial charge on any atom is 0.242 e. The zero-order chi connectivity index (χ0) is 28.7. The summed E-state index contributed by atoms with van der Waals surface area (Å²) >= 11 is 0. The summed E-state index contributed by atoms with van der Waals surface area (Å²) < 4.78 is 41.9. The van der Waals surface area contributed by atoms with E-state index in [0.717, 1.165) is 0 Å². The largest absolute Gasteiger partial charge is 0.457 e. The lowest BCUT2D eigenvalue weighted by Crippen LogP contribution is -2.47. The van der Waals surface area contributed by atoms with Crippen LogP contribution in [-0.4, -0.2) is 82.5 Å². The summed E-state index contributed by atoms with van der Waals surface area (Å²) in [5.74, 6) is 0.858.